The van der Waals surface area contributed by atoms with Gasteiger partial charge in [0.15, 0.2) is 6.61 Å². The largest absolute Gasteiger partial charge is 0.484 e. The van der Waals surface area contributed by atoms with Crippen LogP contribution in [0.5, 0.6) is 5.75 Å². The van der Waals surface area contributed by atoms with E-state index >= 15 is 0 Å². The summed E-state index contributed by atoms with van der Waals surface area (Å²) in [6.07, 6.45) is 5.00. The number of carbonyl (C=O) groups excluding carboxylic acids is 2. The van der Waals surface area contributed by atoms with E-state index in [1.165, 1.54) is 17.5 Å². The van der Waals surface area contributed by atoms with Gasteiger partial charge in [-0.3, -0.25) is 9.59 Å². The summed E-state index contributed by atoms with van der Waals surface area (Å²) >= 11 is 0. The maximum absolute atomic E-state index is 12.5. The second-order valence-corrected chi connectivity index (χ2v) is 7.45. The van der Waals surface area contributed by atoms with Crippen molar-refractivity contribution in [3.8, 4) is 5.75 Å². The highest BCUT2D eigenvalue weighted by molar-refractivity contribution is 5.83. The molecule has 1 atom stereocenters. The van der Waals surface area contributed by atoms with Crippen LogP contribution in [0.15, 0.2) is 18.2 Å². The summed E-state index contributed by atoms with van der Waals surface area (Å²) in [5.41, 5.74) is 2.15. The van der Waals surface area contributed by atoms with Crippen LogP contribution < -0.4 is 10.1 Å². The molecule has 3 aliphatic rings. The van der Waals surface area contributed by atoms with Crippen LogP contribution in [0.1, 0.15) is 43.7 Å². The molecule has 1 N–H and O–H groups in total. The van der Waals surface area contributed by atoms with Gasteiger partial charge in [0.1, 0.15) is 17.6 Å². The van der Waals surface area contributed by atoms with Gasteiger partial charge in [-0.05, 0) is 48.9 Å². The zero-order valence-corrected chi connectivity index (χ0v) is 15.3. The van der Waals surface area contributed by atoms with Crippen LogP contribution in [-0.2, 0) is 27.2 Å². The molecule has 2 fully saturated rings. The van der Waals surface area contributed by atoms with Crippen LogP contribution in [0.25, 0.3) is 0 Å². The van der Waals surface area contributed by atoms with Crippen molar-refractivity contribution >= 4 is 11.8 Å². The van der Waals surface area contributed by atoms with E-state index in [4.69, 9.17) is 9.47 Å². The van der Waals surface area contributed by atoms with Gasteiger partial charge in [0.25, 0.3) is 11.8 Å². The number of likely N-dealkylation sites (tertiary alicyclic amines) is 1. The van der Waals surface area contributed by atoms with Crippen LogP contribution in [0.2, 0.25) is 0 Å². The number of nitrogens with zero attached hydrogens (tertiary/aromatic N) is 1. The minimum Gasteiger partial charge on any atom is -0.484 e. The Hall–Kier alpha value is -2.08. The highest BCUT2D eigenvalue weighted by Gasteiger charge is 2.46. The monoisotopic (exact) mass is 358 g/mol. The number of amides is 2. The number of benzene rings is 1. The van der Waals surface area contributed by atoms with E-state index in [1.54, 1.807) is 4.90 Å². The fraction of sp³-hybridized carbons (Fsp3) is 0.600. The van der Waals surface area contributed by atoms with Gasteiger partial charge in [-0.25, -0.2) is 0 Å². The van der Waals surface area contributed by atoms with Crippen LogP contribution in [-0.4, -0.2) is 48.2 Å². The number of aryl methyl sites for hydroxylation is 2. The molecule has 4 rings (SSSR count). The average Bonchev–Trinajstić information content (AvgIpc) is 3.24. The first-order valence-electron chi connectivity index (χ1n) is 9.61. The fourth-order valence-electron chi connectivity index (χ4n) is 4.16. The third-order valence-corrected chi connectivity index (χ3v) is 5.74. The molecule has 0 radical (unpaired) electrons. The zero-order chi connectivity index (χ0) is 18.1. The van der Waals surface area contributed by atoms with Crippen molar-refractivity contribution < 1.29 is 19.1 Å². The molecule has 140 valence electrons. The topological polar surface area (TPSA) is 67.9 Å². The molecule has 1 spiro atoms. The number of rotatable bonds is 4. The molecule has 0 aromatic heterocycles. The maximum atomic E-state index is 12.5. The molecule has 0 bridgehead atoms. The Bertz CT molecular complexity index is 710. The van der Waals surface area contributed by atoms with E-state index in [1.807, 2.05) is 13.0 Å². The normalized spacial score (nSPS) is 23.8. The van der Waals surface area contributed by atoms with Crippen LogP contribution in [0, 0.1) is 0 Å². The van der Waals surface area contributed by atoms with Crippen LogP contribution in [0.3, 0.4) is 0 Å². The Labute approximate surface area is 153 Å². The average molecular weight is 358 g/mol. The molecule has 6 nitrogen and oxygen atoms in total. The number of hydrogen-bond acceptors (Lipinski definition) is 4. The minimum absolute atomic E-state index is 0.0169. The fourth-order valence-corrected chi connectivity index (χ4v) is 4.16. The van der Waals surface area contributed by atoms with E-state index in [2.05, 4.69) is 17.4 Å². The molecule has 2 amide bonds. The summed E-state index contributed by atoms with van der Waals surface area (Å²) in [5, 5.41) is 2.98. The Morgan fingerprint density at radius 2 is 2.08 bits per heavy atom. The Kier molecular flexibility index (Phi) is 4.61. The third-order valence-electron chi connectivity index (χ3n) is 5.74. The molecule has 1 aromatic rings. The van der Waals surface area contributed by atoms with Crippen molar-refractivity contribution in [2.24, 2.45) is 0 Å². The van der Waals surface area contributed by atoms with Gasteiger partial charge in [-0.2, -0.15) is 0 Å². The van der Waals surface area contributed by atoms with Gasteiger partial charge in [-0.15, -0.1) is 0 Å². The molecule has 2 saturated heterocycles. The summed E-state index contributed by atoms with van der Waals surface area (Å²) in [6, 6.07) is 6.13. The quantitative estimate of drug-likeness (QED) is 0.891. The van der Waals surface area contributed by atoms with Crippen molar-refractivity contribution in [3.63, 3.8) is 0 Å². The van der Waals surface area contributed by atoms with E-state index < -0.39 is 5.72 Å². The van der Waals surface area contributed by atoms with Gasteiger partial charge in [-0.1, -0.05) is 13.0 Å². The molecule has 1 unspecified atom stereocenters. The SMILES string of the molecule is CCC1OC2(CCN(C(=O)COc3ccc4c(c3)CCC4)CC2)NC1=O. The van der Waals surface area contributed by atoms with Crippen LogP contribution >= 0.6 is 0 Å². The second kappa shape index (κ2) is 6.91. The van der Waals surface area contributed by atoms with E-state index in [-0.39, 0.29) is 24.5 Å². The lowest BCUT2D eigenvalue weighted by molar-refractivity contribution is -0.141. The van der Waals surface area contributed by atoms with E-state index in [0.717, 1.165) is 18.6 Å². The van der Waals surface area contributed by atoms with Gasteiger partial charge in [0.2, 0.25) is 0 Å². The van der Waals surface area contributed by atoms with Crippen molar-refractivity contribution in [1.29, 1.82) is 0 Å². The number of nitrogens with one attached hydrogen (secondary N) is 1. The zero-order valence-electron chi connectivity index (χ0n) is 15.3. The molecule has 6 heteroatoms. The molecule has 2 heterocycles. The highest BCUT2D eigenvalue weighted by Crippen LogP contribution is 2.31. The minimum atomic E-state index is -0.588. The van der Waals surface area contributed by atoms with Gasteiger partial charge in [0, 0.05) is 25.9 Å². The van der Waals surface area contributed by atoms with Gasteiger partial charge in [0.05, 0.1) is 0 Å². The Morgan fingerprint density at radius 1 is 1.31 bits per heavy atom. The van der Waals surface area contributed by atoms with E-state index in [0.29, 0.717) is 32.4 Å². The first kappa shape index (κ1) is 17.3. The molecule has 1 aliphatic carbocycles. The van der Waals surface area contributed by atoms with Crippen LogP contribution in [0.4, 0.5) is 0 Å². The van der Waals surface area contributed by atoms with Crippen molar-refractivity contribution in [3.05, 3.63) is 29.3 Å². The first-order valence-corrected chi connectivity index (χ1v) is 9.61. The molecule has 0 saturated carbocycles. The molecule has 2 aliphatic heterocycles. The molecular formula is C20H26N2O4. The summed E-state index contributed by atoms with van der Waals surface area (Å²) < 4.78 is 11.6. The van der Waals surface area contributed by atoms with Crippen molar-refractivity contribution in [1.82, 2.24) is 10.2 Å². The molecule has 1 aromatic carbocycles. The molecular weight excluding hydrogens is 332 g/mol. The number of hydrogen-bond donors (Lipinski definition) is 1. The van der Waals surface area contributed by atoms with E-state index in [9.17, 15) is 9.59 Å². The number of carbonyl (C=O) groups is 2. The number of ether oxygens (including phenoxy) is 2. The van der Waals surface area contributed by atoms with Gasteiger partial charge < -0.3 is 19.7 Å². The Morgan fingerprint density at radius 3 is 2.81 bits per heavy atom. The Balaban J connectivity index is 1.28. The predicted octanol–water partition coefficient (Wildman–Crippen LogP) is 1.80. The number of fused-ring (bicyclic) bond motifs is 1. The lowest BCUT2D eigenvalue weighted by atomic mass is 10.0. The van der Waals surface area contributed by atoms with Gasteiger partial charge >= 0.3 is 0 Å². The van der Waals surface area contributed by atoms with Crippen molar-refractivity contribution in [2.75, 3.05) is 19.7 Å². The lowest BCUT2D eigenvalue weighted by Gasteiger charge is -2.38. The first-order chi connectivity index (χ1) is 12.6. The maximum Gasteiger partial charge on any atom is 0.260 e. The summed E-state index contributed by atoms with van der Waals surface area (Å²) in [7, 11) is 0. The lowest BCUT2D eigenvalue weighted by Crippen LogP contribution is -2.53. The molecule has 26 heavy (non-hydrogen) atoms. The van der Waals surface area contributed by atoms with Crippen molar-refractivity contribution in [2.45, 2.75) is 57.3 Å². The summed E-state index contributed by atoms with van der Waals surface area (Å²) in [6.45, 7) is 3.14. The summed E-state index contributed by atoms with van der Waals surface area (Å²) in [5.74, 6) is 0.716. The standard InChI is InChI=1S/C20H26N2O4/c1-2-17-19(24)21-20(26-17)8-10-22(11-9-20)18(23)13-25-16-7-6-14-4-3-5-15(14)12-16/h6-7,12,17H,2-5,8-11,13H2,1H3,(H,21,24). The summed E-state index contributed by atoms with van der Waals surface area (Å²) in [4.78, 5) is 26.2. The highest BCUT2D eigenvalue weighted by atomic mass is 16.5. The predicted molar refractivity (Wildman–Crippen MR) is 95.8 cm³/mol. The third kappa shape index (κ3) is 3.30. The smallest absolute Gasteiger partial charge is 0.260 e. The second-order valence-electron chi connectivity index (χ2n) is 7.45. The number of piperidine rings is 1.